The van der Waals surface area contributed by atoms with Crippen LogP contribution in [0.15, 0.2) is 81.2 Å². The van der Waals surface area contributed by atoms with Gasteiger partial charge < -0.3 is 10.6 Å². The molecule has 0 aromatic heterocycles. The van der Waals surface area contributed by atoms with Crippen molar-refractivity contribution in [2.75, 3.05) is 0 Å². The molecule has 0 aliphatic heterocycles. The van der Waals surface area contributed by atoms with E-state index in [9.17, 15) is 10.1 Å². The number of hydrogen-bond donors (Lipinski definition) is 2. The van der Waals surface area contributed by atoms with Crippen LogP contribution in [0.4, 0.5) is 0 Å². The maximum Gasteiger partial charge on any atom is 0.329 e. The van der Waals surface area contributed by atoms with Gasteiger partial charge in [0, 0.05) is 13.1 Å². The Hall–Kier alpha value is -2.02. The van der Waals surface area contributed by atoms with Crippen molar-refractivity contribution >= 4 is 39.1 Å². The summed E-state index contributed by atoms with van der Waals surface area (Å²) in [5.41, 5.74) is 1.61. The zero-order valence-corrected chi connectivity index (χ0v) is 16.7. The van der Waals surface area contributed by atoms with Crippen molar-refractivity contribution in [3.8, 4) is 0 Å². The molecule has 2 rings (SSSR count). The summed E-state index contributed by atoms with van der Waals surface area (Å²) in [7, 11) is 0. The topological polar surface area (TPSA) is 67.2 Å². The van der Waals surface area contributed by atoms with Crippen molar-refractivity contribution in [3.63, 3.8) is 0 Å². The van der Waals surface area contributed by atoms with Gasteiger partial charge in [0.05, 0.1) is 4.92 Å². The van der Waals surface area contributed by atoms with E-state index >= 15 is 0 Å². The van der Waals surface area contributed by atoms with Gasteiger partial charge in [-0.1, -0.05) is 83.9 Å². The second-order valence-electron chi connectivity index (χ2n) is 5.23. The Balaban J connectivity index is 2.30. The molecule has 0 atom stereocenters. The number of rotatable bonds is 8. The zero-order chi connectivity index (χ0) is 18.9. The molecule has 5 nitrogen and oxygen atoms in total. The monoisotopic (exact) mass is 455 g/mol. The molecule has 0 heterocycles. The molecule has 0 radical (unpaired) electrons. The molecule has 2 aromatic rings. The Kier molecular flexibility index (Phi) is 7.97. The van der Waals surface area contributed by atoms with E-state index in [-0.39, 0.29) is 20.5 Å². The number of nitro groups is 1. The molecule has 2 N–H and O–H groups in total. The van der Waals surface area contributed by atoms with Crippen LogP contribution in [-0.2, 0) is 13.1 Å². The highest BCUT2D eigenvalue weighted by atomic mass is 79.9. The summed E-state index contributed by atoms with van der Waals surface area (Å²) in [5, 5.41) is 17.5. The summed E-state index contributed by atoms with van der Waals surface area (Å²) in [6.45, 7) is 0.777. The van der Waals surface area contributed by atoms with Gasteiger partial charge in [-0.15, -0.1) is 0 Å². The molecule has 2 aromatic carbocycles. The first-order chi connectivity index (χ1) is 12.5. The van der Waals surface area contributed by atoms with Crippen LogP contribution in [-0.4, -0.2) is 4.92 Å². The Morgan fingerprint density at radius 3 is 1.69 bits per heavy atom. The van der Waals surface area contributed by atoms with Gasteiger partial charge in [-0.05, 0) is 27.1 Å². The quantitative estimate of drug-likeness (QED) is 0.331. The first kappa shape index (κ1) is 20.3. The Morgan fingerprint density at radius 1 is 0.923 bits per heavy atom. The van der Waals surface area contributed by atoms with Crippen LogP contribution in [0.2, 0.25) is 0 Å². The molecular formula is C18H16BrCl2N3O2. The number of nitrogens with one attached hydrogen (secondary N) is 2. The second-order valence-corrected chi connectivity index (χ2v) is 7.24. The molecule has 0 bridgehead atoms. The third-order valence-corrected chi connectivity index (χ3v) is 4.70. The van der Waals surface area contributed by atoms with Crippen molar-refractivity contribution in [3.05, 3.63) is 102 Å². The fourth-order valence-corrected chi connectivity index (χ4v) is 2.61. The molecule has 8 heteroatoms. The van der Waals surface area contributed by atoms with Gasteiger partial charge in [-0.3, -0.25) is 10.1 Å². The average Bonchev–Trinajstić information content (AvgIpc) is 2.64. The summed E-state index contributed by atoms with van der Waals surface area (Å²) in [6.07, 6.45) is 0. The normalized spacial score (nSPS) is 11.3. The van der Waals surface area contributed by atoms with Gasteiger partial charge in [0.25, 0.3) is 0 Å². The standard InChI is InChI=1S/C18H16BrCl2N3O2/c19-17(21)15(20)16(24(25)26)18(22-11-13-7-3-1-4-8-13)23-12-14-9-5-2-6-10-14/h1-10,22-23H,11-12H2/b17-15+. The first-order valence-corrected chi connectivity index (χ1v) is 9.19. The third kappa shape index (κ3) is 6.05. The molecular weight excluding hydrogens is 441 g/mol. The van der Waals surface area contributed by atoms with E-state index < -0.39 is 4.92 Å². The minimum atomic E-state index is -0.572. The van der Waals surface area contributed by atoms with Gasteiger partial charge in [0.1, 0.15) is 8.97 Å². The SMILES string of the molecule is O=[N+]([O-])C(=C(NCc1ccccc1)NCc1ccccc1)/C(Cl)=C(\Cl)Br. The van der Waals surface area contributed by atoms with Crippen LogP contribution < -0.4 is 10.6 Å². The minimum Gasteiger partial charge on any atom is -0.362 e. The average molecular weight is 457 g/mol. The lowest BCUT2D eigenvalue weighted by Crippen LogP contribution is -2.29. The summed E-state index contributed by atoms with van der Waals surface area (Å²) in [4.78, 5) is 11.0. The predicted octanol–water partition coefficient (Wildman–Crippen LogP) is 5.05. The fourth-order valence-electron chi connectivity index (χ4n) is 2.17. The van der Waals surface area contributed by atoms with E-state index in [1.807, 2.05) is 60.7 Å². The fraction of sp³-hybridized carbons (Fsp3) is 0.111. The van der Waals surface area contributed by atoms with Gasteiger partial charge in [-0.25, -0.2) is 0 Å². The van der Waals surface area contributed by atoms with Crippen LogP contribution in [0.3, 0.4) is 0 Å². The summed E-state index contributed by atoms with van der Waals surface area (Å²) < 4.78 is -0.0358. The molecule has 0 aliphatic rings. The Morgan fingerprint density at radius 2 is 1.35 bits per heavy atom. The van der Waals surface area contributed by atoms with E-state index in [0.29, 0.717) is 13.1 Å². The van der Waals surface area contributed by atoms with Gasteiger partial charge in [-0.2, -0.15) is 0 Å². The van der Waals surface area contributed by atoms with Crippen LogP contribution in [0, 0.1) is 10.1 Å². The highest BCUT2D eigenvalue weighted by molar-refractivity contribution is 9.12. The van der Waals surface area contributed by atoms with Crippen molar-refractivity contribution in [2.24, 2.45) is 0 Å². The minimum absolute atomic E-state index is 0.0358. The van der Waals surface area contributed by atoms with Crippen LogP contribution in [0.1, 0.15) is 11.1 Å². The van der Waals surface area contributed by atoms with Crippen LogP contribution >= 0.6 is 39.1 Å². The van der Waals surface area contributed by atoms with E-state index in [1.165, 1.54) is 0 Å². The van der Waals surface area contributed by atoms with Crippen LogP contribution in [0.25, 0.3) is 0 Å². The molecule has 0 amide bonds. The smallest absolute Gasteiger partial charge is 0.329 e. The van der Waals surface area contributed by atoms with Crippen LogP contribution in [0.5, 0.6) is 0 Å². The molecule has 0 fully saturated rings. The predicted molar refractivity (Wildman–Crippen MR) is 108 cm³/mol. The van der Waals surface area contributed by atoms with Crippen molar-refractivity contribution in [1.82, 2.24) is 10.6 Å². The number of halogens is 3. The molecule has 0 aliphatic carbocycles. The lowest BCUT2D eigenvalue weighted by atomic mass is 10.2. The Labute approximate surface area is 170 Å². The van der Waals surface area contributed by atoms with E-state index in [1.54, 1.807) is 0 Å². The van der Waals surface area contributed by atoms with E-state index in [0.717, 1.165) is 11.1 Å². The first-order valence-electron chi connectivity index (χ1n) is 7.64. The van der Waals surface area contributed by atoms with Gasteiger partial charge in [0.15, 0.2) is 5.82 Å². The lowest BCUT2D eigenvalue weighted by Gasteiger charge is -2.14. The molecule has 0 spiro atoms. The number of nitrogens with zero attached hydrogens (tertiary/aromatic N) is 1. The highest BCUT2D eigenvalue weighted by Gasteiger charge is 2.25. The number of benzene rings is 2. The largest absolute Gasteiger partial charge is 0.362 e. The molecule has 136 valence electrons. The summed E-state index contributed by atoms with van der Waals surface area (Å²) in [5.74, 6) is 0.185. The maximum absolute atomic E-state index is 11.6. The summed E-state index contributed by atoms with van der Waals surface area (Å²) in [6, 6.07) is 19.1. The molecule has 26 heavy (non-hydrogen) atoms. The lowest BCUT2D eigenvalue weighted by molar-refractivity contribution is -0.421. The Bertz CT molecular complexity index is 762. The van der Waals surface area contributed by atoms with Crippen molar-refractivity contribution in [1.29, 1.82) is 0 Å². The molecule has 0 saturated heterocycles. The maximum atomic E-state index is 11.6. The van der Waals surface area contributed by atoms with E-state index in [4.69, 9.17) is 23.2 Å². The van der Waals surface area contributed by atoms with Crippen molar-refractivity contribution in [2.45, 2.75) is 13.1 Å². The van der Waals surface area contributed by atoms with Gasteiger partial charge in [0.2, 0.25) is 0 Å². The summed E-state index contributed by atoms with van der Waals surface area (Å²) >= 11 is 14.9. The van der Waals surface area contributed by atoms with Gasteiger partial charge >= 0.3 is 5.70 Å². The zero-order valence-electron chi connectivity index (χ0n) is 13.6. The molecule has 0 saturated carbocycles. The highest BCUT2D eigenvalue weighted by Crippen LogP contribution is 2.28. The molecule has 0 unspecified atom stereocenters. The number of allylic oxidation sites excluding steroid dienone is 1. The van der Waals surface area contributed by atoms with Crippen molar-refractivity contribution < 1.29 is 4.92 Å². The number of hydrogen-bond acceptors (Lipinski definition) is 4. The van der Waals surface area contributed by atoms with E-state index in [2.05, 4.69) is 26.6 Å². The third-order valence-electron chi connectivity index (χ3n) is 3.42. The second kappa shape index (κ2) is 10.2.